The minimum absolute atomic E-state index is 0.508. The van der Waals surface area contributed by atoms with Crippen molar-refractivity contribution in [3.05, 3.63) is 23.2 Å². The molecule has 1 aromatic heterocycles. The summed E-state index contributed by atoms with van der Waals surface area (Å²) in [4.78, 5) is 4.48. The Labute approximate surface area is 135 Å². The van der Waals surface area contributed by atoms with Gasteiger partial charge >= 0.3 is 0 Å². The minimum Gasteiger partial charge on any atom is -0.359 e. The lowest BCUT2D eigenvalue weighted by Gasteiger charge is -2.30. The zero-order valence-corrected chi connectivity index (χ0v) is 14.1. The van der Waals surface area contributed by atoms with Gasteiger partial charge in [0.1, 0.15) is 0 Å². The van der Waals surface area contributed by atoms with Crippen LogP contribution in [-0.2, 0) is 0 Å². The maximum atomic E-state index is 5.46. The second-order valence-corrected chi connectivity index (χ2v) is 7.53. The lowest BCUT2D eigenvalue weighted by Crippen LogP contribution is -2.43. The van der Waals surface area contributed by atoms with Gasteiger partial charge in [-0.05, 0) is 56.1 Å². The minimum atomic E-state index is 0.508. The van der Waals surface area contributed by atoms with E-state index in [0.29, 0.717) is 12.0 Å². The zero-order chi connectivity index (χ0) is 14.8. The SMILES string of the molecule is Cc1nc2ccc(NC(=S)N[C@H]3CCCC[C@@H]3C)cc2s1. The van der Waals surface area contributed by atoms with E-state index in [1.165, 1.54) is 30.4 Å². The average molecular weight is 319 g/mol. The van der Waals surface area contributed by atoms with Crippen LogP contribution in [0.2, 0.25) is 0 Å². The van der Waals surface area contributed by atoms with Crippen molar-refractivity contribution in [2.75, 3.05) is 5.32 Å². The van der Waals surface area contributed by atoms with Gasteiger partial charge < -0.3 is 10.6 Å². The van der Waals surface area contributed by atoms with E-state index < -0.39 is 0 Å². The number of benzene rings is 1. The van der Waals surface area contributed by atoms with Crippen LogP contribution in [0.25, 0.3) is 10.2 Å². The molecule has 1 fully saturated rings. The molecule has 21 heavy (non-hydrogen) atoms. The molecular formula is C16H21N3S2. The molecule has 3 nitrogen and oxygen atoms in total. The van der Waals surface area contributed by atoms with Crippen molar-refractivity contribution in [2.45, 2.75) is 45.6 Å². The fourth-order valence-corrected chi connectivity index (χ4v) is 4.12. The summed E-state index contributed by atoms with van der Waals surface area (Å²) in [5.41, 5.74) is 2.09. The highest BCUT2D eigenvalue weighted by Gasteiger charge is 2.21. The van der Waals surface area contributed by atoms with Crippen LogP contribution >= 0.6 is 23.6 Å². The molecule has 0 amide bonds. The number of thiazole rings is 1. The van der Waals surface area contributed by atoms with E-state index in [0.717, 1.165) is 21.3 Å². The molecule has 1 saturated carbocycles. The standard InChI is InChI=1S/C16H21N3S2/c1-10-5-3-4-6-13(10)19-16(20)18-12-7-8-14-15(9-12)21-11(2)17-14/h7-10,13H,3-6H2,1-2H3,(H2,18,19,20)/t10-,13-/m0/s1. The molecule has 0 bridgehead atoms. The van der Waals surface area contributed by atoms with Crippen molar-refractivity contribution in [1.29, 1.82) is 0 Å². The third-order valence-corrected chi connectivity index (χ3v) is 5.33. The van der Waals surface area contributed by atoms with Crippen LogP contribution in [0.4, 0.5) is 5.69 Å². The molecule has 2 N–H and O–H groups in total. The number of hydrogen-bond donors (Lipinski definition) is 2. The summed E-state index contributed by atoms with van der Waals surface area (Å²) < 4.78 is 1.20. The van der Waals surface area contributed by atoms with Gasteiger partial charge in [0.15, 0.2) is 5.11 Å². The van der Waals surface area contributed by atoms with Crippen LogP contribution in [-0.4, -0.2) is 16.1 Å². The molecule has 112 valence electrons. The predicted molar refractivity (Wildman–Crippen MR) is 95.1 cm³/mol. The predicted octanol–water partition coefficient (Wildman–Crippen LogP) is 4.47. The van der Waals surface area contributed by atoms with Crippen molar-refractivity contribution in [2.24, 2.45) is 5.92 Å². The van der Waals surface area contributed by atoms with Crippen LogP contribution in [0.15, 0.2) is 18.2 Å². The first kappa shape index (κ1) is 14.7. The first-order valence-corrected chi connectivity index (χ1v) is 8.79. The van der Waals surface area contributed by atoms with Gasteiger partial charge in [-0.2, -0.15) is 0 Å². The van der Waals surface area contributed by atoms with Crippen molar-refractivity contribution in [3.8, 4) is 0 Å². The number of nitrogens with zero attached hydrogens (tertiary/aromatic N) is 1. The number of nitrogens with one attached hydrogen (secondary N) is 2. The van der Waals surface area contributed by atoms with E-state index >= 15 is 0 Å². The van der Waals surface area contributed by atoms with E-state index in [4.69, 9.17) is 12.2 Å². The maximum absolute atomic E-state index is 5.46. The molecule has 3 rings (SSSR count). The summed E-state index contributed by atoms with van der Waals surface area (Å²) in [5.74, 6) is 0.699. The molecule has 2 aromatic rings. The monoisotopic (exact) mass is 319 g/mol. The average Bonchev–Trinajstić information content (AvgIpc) is 2.80. The van der Waals surface area contributed by atoms with Crippen LogP contribution in [0.5, 0.6) is 0 Å². The van der Waals surface area contributed by atoms with Crippen LogP contribution in [0, 0.1) is 12.8 Å². The molecule has 1 aromatic carbocycles. The van der Waals surface area contributed by atoms with Gasteiger partial charge in [-0.15, -0.1) is 11.3 Å². The molecule has 1 heterocycles. The third-order valence-electron chi connectivity index (χ3n) is 4.18. The Morgan fingerprint density at radius 1 is 1.33 bits per heavy atom. The van der Waals surface area contributed by atoms with Crippen LogP contribution in [0.3, 0.4) is 0 Å². The number of fused-ring (bicyclic) bond motifs is 1. The summed E-state index contributed by atoms with van der Waals surface area (Å²) in [6.45, 7) is 4.35. The van der Waals surface area contributed by atoms with Crippen LogP contribution in [0.1, 0.15) is 37.6 Å². The van der Waals surface area contributed by atoms with E-state index in [1.54, 1.807) is 11.3 Å². The van der Waals surface area contributed by atoms with Crippen molar-refractivity contribution in [1.82, 2.24) is 10.3 Å². The lowest BCUT2D eigenvalue weighted by molar-refractivity contribution is 0.309. The highest BCUT2D eigenvalue weighted by atomic mass is 32.1. The van der Waals surface area contributed by atoms with E-state index in [9.17, 15) is 0 Å². The molecule has 0 radical (unpaired) electrons. The first-order valence-electron chi connectivity index (χ1n) is 7.56. The summed E-state index contributed by atoms with van der Waals surface area (Å²) in [6, 6.07) is 6.72. The summed E-state index contributed by atoms with van der Waals surface area (Å²) in [7, 11) is 0. The molecule has 0 spiro atoms. The van der Waals surface area contributed by atoms with Gasteiger partial charge in [-0.25, -0.2) is 4.98 Å². The fraction of sp³-hybridized carbons (Fsp3) is 0.500. The van der Waals surface area contributed by atoms with Crippen molar-refractivity contribution in [3.63, 3.8) is 0 Å². The molecule has 2 atom stereocenters. The molecule has 1 aliphatic carbocycles. The Morgan fingerprint density at radius 3 is 2.95 bits per heavy atom. The number of hydrogen-bond acceptors (Lipinski definition) is 3. The second-order valence-electron chi connectivity index (χ2n) is 5.88. The molecule has 0 aliphatic heterocycles. The normalized spacial score (nSPS) is 22.2. The molecule has 0 unspecified atom stereocenters. The number of aryl methyl sites for hydroxylation is 1. The quantitative estimate of drug-likeness (QED) is 0.801. The summed E-state index contributed by atoms with van der Waals surface area (Å²) in [6.07, 6.45) is 5.17. The topological polar surface area (TPSA) is 37.0 Å². The van der Waals surface area contributed by atoms with E-state index in [2.05, 4.69) is 28.6 Å². The van der Waals surface area contributed by atoms with Gasteiger partial charge in [0.05, 0.1) is 15.2 Å². The lowest BCUT2D eigenvalue weighted by atomic mass is 9.86. The number of aromatic nitrogens is 1. The Hall–Kier alpha value is -1.20. The van der Waals surface area contributed by atoms with Crippen LogP contribution < -0.4 is 10.6 Å². The molecule has 0 saturated heterocycles. The smallest absolute Gasteiger partial charge is 0.171 e. The number of thiocarbonyl (C=S) groups is 1. The summed E-state index contributed by atoms with van der Waals surface area (Å²) in [5, 5.41) is 8.62. The van der Waals surface area contributed by atoms with Gasteiger partial charge in [-0.1, -0.05) is 19.8 Å². The number of rotatable bonds is 2. The van der Waals surface area contributed by atoms with Gasteiger partial charge in [0.2, 0.25) is 0 Å². The van der Waals surface area contributed by atoms with Gasteiger partial charge in [-0.3, -0.25) is 0 Å². The first-order chi connectivity index (χ1) is 10.1. The Kier molecular flexibility index (Phi) is 4.40. The summed E-state index contributed by atoms with van der Waals surface area (Å²) >= 11 is 7.18. The van der Waals surface area contributed by atoms with Gasteiger partial charge in [0, 0.05) is 11.7 Å². The Balaban J connectivity index is 1.65. The molecule has 5 heteroatoms. The van der Waals surface area contributed by atoms with Crippen molar-refractivity contribution >= 4 is 44.6 Å². The maximum Gasteiger partial charge on any atom is 0.171 e. The van der Waals surface area contributed by atoms with Gasteiger partial charge in [0.25, 0.3) is 0 Å². The number of anilines is 1. The fourth-order valence-electron chi connectivity index (χ4n) is 2.98. The van der Waals surface area contributed by atoms with E-state index in [-0.39, 0.29) is 0 Å². The Bertz CT molecular complexity index is 650. The highest BCUT2D eigenvalue weighted by molar-refractivity contribution is 7.80. The third kappa shape index (κ3) is 3.52. The largest absolute Gasteiger partial charge is 0.359 e. The highest BCUT2D eigenvalue weighted by Crippen LogP contribution is 2.26. The van der Waals surface area contributed by atoms with E-state index in [1.807, 2.05) is 19.1 Å². The second kappa shape index (κ2) is 6.28. The molecular weight excluding hydrogens is 298 g/mol. The molecule has 1 aliphatic rings. The zero-order valence-electron chi connectivity index (χ0n) is 12.5. The Morgan fingerprint density at radius 2 is 2.14 bits per heavy atom. The van der Waals surface area contributed by atoms with Crippen molar-refractivity contribution < 1.29 is 0 Å².